The van der Waals surface area contributed by atoms with Crippen LogP contribution in [-0.4, -0.2) is 27.5 Å². The van der Waals surface area contributed by atoms with Gasteiger partial charge in [0.05, 0.1) is 22.5 Å². The lowest BCUT2D eigenvalue weighted by Crippen LogP contribution is -2.59. The van der Waals surface area contributed by atoms with Crippen molar-refractivity contribution in [3.05, 3.63) is 64.7 Å². The van der Waals surface area contributed by atoms with E-state index in [1.165, 1.54) is 25.0 Å². The molecule has 4 saturated carbocycles. The van der Waals surface area contributed by atoms with Crippen molar-refractivity contribution in [3.8, 4) is 0 Å². The van der Waals surface area contributed by atoms with Gasteiger partial charge in [0, 0.05) is 30.6 Å². The van der Waals surface area contributed by atoms with Crippen molar-refractivity contribution in [2.24, 2.45) is 17.8 Å². The minimum Gasteiger partial charge on any atom is -0.390 e. The molecule has 32 heavy (non-hydrogen) atoms. The second-order valence-corrected chi connectivity index (χ2v) is 10.4. The van der Waals surface area contributed by atoms with E-state index in [0.717, 1.165) is 48.2 Å². The highest BCUT2D eigenvalue weighted by molar-refractivity contribution is 6.03. The maximum atomic E-state index is 13.5. The number of carbonyl (C=O) groups is 1. The highest BCUT2D eigenvalue weighted by Gasteiger charge is 2.54. The number of Topliss-reactive ketones (excluding diaryl/α,β-unsaturated/α-hetero) is 1. The maximum Gasteiger partial charge on any atom is 0.166 e. The van der Waals surface area contributed by atoms with Crippen molar-refractivity contribution >= 4 is 17.5 Å². The highest BCUT2D eigenvalue weighted by atomic mass is 19.1. The summed E-state index contributed by atoms with van der Waals surface area (Å²) in [5.41, 5.74) is 3.96. The molecule has 0 radical (unpaired) electrons. The molecule has 7 rings (SSSR count). The summed E-state index contributed by atoms with van der Waals surface area (Å²) < 4.78 is 13.5. The number of hydrogen-bond donors (Lipinski definition) is 2. The Balaban J connectivity index is 1.27. The van der Waals surface area contributed by atoms with Crippen LogP contribution < -0.4 is 5.32 Å². The quantitative estimate of drug-likeness (QED) is 0.634. The Morgan fingerprint density at radius 1 is 1.22 bits per heavy atom. The fraction of sp³-hybridized carbons (Fsp3) is 0.481. The number of ketones is 1. The summed E-state index contributed by atoms with van der Waals surface area (Å²) in [7, 11) is 0. The molecule has 4 bridgehead atoms. The van der Waals surface area contributed by atoms with Gasteiger partial charge in [-0.2, -0.15) is 0 Å². The van der Waals surface area contributed by atoms with Crippen molar-refractivity contribution < 1.29 is 14.3 Å². The maximum absolute atomic E-state index is 13.5. The zero-order valence-electron chi connectivity index (χ0n) is 18.2. The fourth-order valence-corrected chi connectivity index (χ4v) is 7.03. The summed E-state index contributed by atoms with van der Waals surface area (Å²) in [5, 5.41) is 14.8. The SMILES string of the molecule is O=C(CCc1cccc(F)c1)c1cnc2c(c1NC1C3CC4CC1CC(O)(C4)C3)C=CC2. The molecule has 5 aliphatic rings. The van der Waals surface area contributed by atoms with Crippen LogP contribution in [0.5, 0.6) is 0 Å². The monoisotopic (exact) mass is 432 g/mol. The van der Waals surface area contributed by atoms with Crippen LogP contribution in [0.25, 0.3) is 6.08 Å². The minimum absolute atomic E-state index is 0.0369. The third kappa shape index (κ3) is 3.47. The number of rotatable bonds is 6. The summed E-state index contributed by atoms with van der Waals surface area (Å²) in [6.45, 7) is 0. The molecule has 4 nitrogen and oxygen atoms in total. The molecule has 1 heterocycles. The molecule has 0 amide bonds. The third-order valence-corrected chi connectivity index (χ3v) is 8.18. The number of benzene rings is 1. The Morgan fingerprint density at radius 3 is 2.78 bits per heavy atom. The first-order valence-corrected chi connectivity index (χ1v) is 11.9. The molecule has 2 N–H and O–H groups in total. The molecular formula is C27H29FN2O2. The third-order valence-electron chi connectivity index (χ3n) is 8.18. The number of halogens is 1. The van der Waals surface area contributed by atoms with Crippen molar-refractivity contribution in [1.29, 1.82) is 0 Å². The standard InChI is InChI=1S/C27H29FN2O2/c28-20-4-1-3-16(11-20)7-8-24(31)22-15-29-23-6-2-5-21(23)26(22)30-25-18-9-17-10-19(25)14-27(32,12-17)13-18/h1-5,11,15,17-19,25,32H,6-10,12-14H2,(H,29,30). The molecule has 0 spiro atoms. The van der Waals surface area contributed by atoms with Gasteiger partial charge < -0.3 is 10.4 Å². The van der Waals surface area contributed by atoms with Gasteiger partial charge in [0.15, 0.2) is 5.78 Å². The van der Waals surface area contributed by atoms with Crippen LogP contribution >= 0.6 is 0 Å². The first-order valence-electron chi connectivity index (χ1n) is 11.9. The number of nitrogens with one attached hydrogen (secondary N) is 1. The lowest BCUT2D eigenvalue weighted by molar-refractivity contribution is -0.129. The van der Waals surface area contributed by atoms with E-state index >= 15 is 0 Å². The molecule has 1 aromatic heterocycles. The number of carbonyl (C=O) groups excluding carboxylic acids is 1. The van der Waals surface area contributed by atoms with Crippen molar-refractivity contribution in [2.45, 2.75) is 63.0 Å². The van der Waals surface area contributed by atoms with E-state index in [4.69, 9.17) is 0 Å². The largest absolute Gasteiger partial charge is 0.390 e. The number of aliphatic hydroxyl groups is 1. The topological polar surface area (TPSA) is 62.2 Å². The number of aryl methyl sites for hydroxylation is 1. The Morgan fingerprint density at radius 2 is 2.03 bits per heavy atom. The molecule has 2 unspecified atom stereocenters. The van der Waals surface area contributed by atoms with Crippen LogP contribution in [0.4, 0.5) is 10.1 Å². The van der Waals surface area contributed by atoms with Gasteiger partial charge in [0.2, 0.25) is 0 Å². The molecule has 0 saturated heterocycles. The van der Waals surface area contributed by atoms with E-state index in [2.05, 4.69) is 22.5 Å². The molecule has 166 valence electrons. The zero-order chi connectivity index (χ0) is 21.9. The van der Waals surface area contributed by atoms with Gasteiger partial charge >= 0.3 is 0 Å². The Bertz CT molecular complexity index is 1090. The van der Waals surface area contributed by atoms with Crippen molar-refractivity contribution in [2.75, 3.05) is 5.32 Å². The minimum atomic E-state index is -0.474. The smallest absolute Gasteiger partial charge is 0.166 e. The first-order chi connectivity index (χ1) is 15.5. The number of fused-ring (bicyclic) bond motifs is 1. The average molecular weight is 433 g/mol. The number of nitrogens with zero attached hydrogens (tertiary/aromatic N) is 1. The van der Waals surface area contributed by atoms with Crippen LogP contribution in [0.2, 0.25) is 0 Å². The van der Waals surface area contributed by atoms with Crippen LogP contribution in [0.1, 0.15) is 65.7 Å². The van der Waals surface area contributed by atoms with Crippen LogP contribution in [0.15, 0.2) is 36.5 Å². The molecule has 1 aromatic carbocycles. The van der Waals surface area contributed by atoms with Crippen molar-refractivity contribution in [3.63, 3.8) is 0 Å². The lowest BCUT2D eigenvalue weighted by Gasteiger charge is -2.58. The predicted octanol–water partition coefficient (Wildman–Crippen LogP) is 4.96. The van der Waals surface area contributed by atoms with E-state index in [-0.39, 0.29) is 11.6 Å². The van der Waals surface area contributed by atoms with E-state index in [1.54, 1.807) is 12.3 Å². The number of anilines is 1. The van der Waals surface area contributed by atoms with Crippen LogP contribution in [-0.2, 0) is 12.8 Å². The van der Waals surface area contributed by atoms with E-state index in [1.807, 2.05) is 6.07 Å². The summed E-state index contributed by atoms with van der Waals surface area (Å²) in [5.74, 6) is 1.32. The average Bonchev–Trinajstić information content (AvgIpc) is 3.23. The Labute approximate surface area is 188 Å². The molecule has 5 heteroatoms. The zero-order valence-corrected chi connectivity index (χ0v) is 18.2. The molecule has 2 aromatic rings. The normalized spacial score (nSPS) is 31.7. The molecular weight excluding hydrogens is 403 g/mol. The van der Waals surface area contributed by atoms with Gasteiger partial charge in [0.1, 0.15) is 5.82 Å². The van der Waals surface area contributed by atoms with Gasteiger partial charge in [-0.25, -0.2) is 4.39 Å². The Kier molecular flexibility index (Phi) is 4.72. The van der Waals surface area contributed by atoms with Gasteiger partial charge in [0.25, 0.3) is 0 Å². The summed E-state index contributed by atoms with van der Waals surface area (Å²) in [6.07, 6.45) is 12.6. The van der Waals surface area contributed by atoms with E-state index in [9.17, 15) is 14.3 Å². The summed E-state index contributed by atoms with van der Waals surface area (Å²) in [6, 6.07) is 6.76. The number of allylic oxidation sites excluding steroid dienone is 1. The first kappa shape index (κ1) is 20.1. The molecule has 2 atom stereocenters. The second kappa shape index (κ2) is 7.51. The summed E-state index contributed by atoms with van der Waals surface area (Å²) >= 11 is 0. The van der Waals surface area contributed by atoms with E-state index in [0.29, 0.717) is 42.2 Å². The van der Waals surface area contributed by atoms with Gasteiger partial charge in [-0.3, -0.25) is 9.78 Å². The predicted molar refractivity (Wildman–Crippen MR) is 122 cm³/mol. The number of aromatic nitrogens is 1. The highest BCUT2D eigenvalue weighted by Crippen LogP contribution is 2.56. The second-order valence-electron chi connectivity index (χ2n) is 10.4. The van der Waals surface area contributed by atoms with Crippen LogP contribution in [0.3, 0.4) is 0 Å². The lowest BCUT2D eigenvalue weighted by atomic mass is 9.52. The number of hydrogen-bond acceptors (Lipinski definition) is 4. The molecule has 4 fully saturated rings. The van der Waals surface area contributed by atoms with Crippen molar-refractivity contribution in [1.82, 2.24) is 4.98 Å². The Hall–Kier alpha value is -2.53. The fourth-order valence-electron chi connectivity index (χ4n) is 7.03. The van der Waals surface area contributed by atoms with Gasteiger partial charge in [-0.05, 0) is 74.0 Å². The van der Waals surface area contributed by atoms with Crippen LogP contribution in [0, 0.1) is 23.6 Å². The van der Waals surface area contributed by atoms with Gasteiger partial charge in [-0.1, -0.05) is 24.3 Å². The van der Waals surface area contributed by atoms with E-state index < -0.39 is 5.60 Å². The van der Waals surface area contributed by atoms with Gasteiger partial charge in [-0.15, -0.1) is 0 Å². The number of pyridine rings is 1. The molecule has 0 aliphatic heterocycles. The summed E-state index contributed by atoms with van der Waals surface area (Å²) in [4.78, 5) is 17.9. The molecule has 5 aliphatic carbocycles.